The van der Waals surface area contributed by atoms with Gasteiger partial charge in [0.1, 0.15) is 17.3 Å². The first-order valence-electron chi connectivity index (χ1n) is 10.4. The van der Waals surface area contributed by atoms with Gasteiger partial charge in [-0.1, -0.05) is 0 Å². The Bertz CT molecular complexity index is 1130. The number of ketones is 1. The second kappa shape index (κ2) is 7.58. The van der Waals surface area contributed by atoms with E-state index in [1.165, 1.54) is 10.6 Å². The van der Waals surface area contributed by atoms with Crippen molar-refractivity contribution in [3.05, 3.63) is 36.5 Å². The molecule has 2 unspecified atom stereocenters. The lowest BCUT2D eigenvalue weighted by atomic mass is 9.84. The molecule has 1 saturated carbocycles. The number of hydrogen-bond donors (Lipinski definition) is 0. The van der Waals surface area contributed by atoms with Gasteiger partial charge in [0, 0.05) is 38.3 Å². The van der Waals surface area contributed by atoms with Gasteiger partial charge in [-0.25, -0.2) is 19.9 Å². The SMILES string of the molecule is O=C1CCC(C2CCCN(c3ccnc(-c4cnc5cnc(C(F)(F)F)cn45)n3)C2)C1. The third-order valence-electron chi connectivity index (χ3n) is 6.29. The number of fused-ring (bicyclic) bond motifs is 1. The minimum absolute atomic E-state index is 0.293. The van der Waals surface area contributed by atoms with Crippen LogP contribution in [0.25, 0.3) is 17.2 Å². The molecule has 0 N–H and O–H groups in total. The number of alkyl halides is 3. The number of rotatable bonds is 3. The van der Waals surface area contributed by atoms with Gasteiger partial charge in [-0.15, -0.1) is 0 Å². The number of anilines is 1. The van der Waals surface area contributed by atoms with E-state index in [9.17, 15) is 18.0 Å². The molecule has 3 aromatic heterocycles. The van der Waals surface area contributed by atoms with Crippen molar-refractivity contribution in [2.75, 3.05) is 18.0 Å². The lowest BCUT2D eigenvalue weighted by Crippen LogP contribution is -2.38. The molecule has 0 aromatic carbocycles. The van der Waals surface area contributed by atoms with Gasteiger partial charge in [0.05, 0.1) is 12.4 Å². The van der Waals surface area contributed by atoms with Gasteiger partial charge in [-0.3, -0.25) is 9.20 Å². The molecule has 2 aliphatic rings. The van der Waals surface area contributed by atoms with E-state index in [-0.39, 0.29) is 0 Å². The molecule has 3 aromatic rings. The molecule has 1 saturated heterocycles. The first kappa shape index (κ1) is 19.9. The number of halogens is 3. The lowest BCUT2D eigenvalue weighted by Gasteiger charge is -2.36. The first-order chi connectivity index (χ1) is 14.9. The second-order valence-electron chi connectivity index (χ2n) is 8.27. The van der Waals surface area contributed by atoms with Crippen LogP contribution in [0.2, 0.25) is 0 Å². The predicted octanol–water partition coefficient (Wildman–Crippen LogP) is 3.79. The Labute approximate surface area is 176 Å². The molecular formula is C21H21F3N6O. The van der Waals surface area contributed by atoms with Crippen LogP contribution in [-0.2, 0) is 11.0 Å². The lowest BCUT2D eigenvalue weighted by molar-refractivity contribution is -0.141. The van der Waals surface area contributed by atoms with Crippen LogP contribution < -0.4 is 4.90 Å². The van der Waals surface area contributed by atoms with Crippen molar-refractivity contribution in [1.29, 1.82) is 0 Å². The molecule has 0 spiro atoms. The van der Waals surface area contributed by atoms with E-state index in [1.54, 1.807) is 6.20 Å². The summed E-state index contributed by atoms with van der Waals surface area (Å²) < 4.78 is 40.6. The fourth-order valence-corrected chi connectivity index (χ4v) is 4.70. The number of aromatic nitrogens is 5. The standard InChI is InChI=1S/C21H21F3N6O/c22-21(23,24)17-12-30-16(9-27-19(30)10-26-17)20-25-6-5-18(28-20)29-7-1-2-14(11-29)13-3-4-15(31)8-13/h5-6,9-10,12-14H,1-4,7-8,11H2. The average Bonchev–Trinajstić information content (AvgIpc) is 3.39. The zero-order valence-corrected chi connectivity index (χ0v) is 16.7. The van der Waals surface area contributed by atoms with Crippen LogP contribution in [0.15, 0.2) is 30.9 Å². The molecule has 0 radical (unpaired) electrons. The van der Waals surface area contributed by atoms with E-state index < -0.39 is 11.9 Å². The van der Waals surface area contributed by atoms with E-state index in [1.807, 2.05) is 6.07 Å². The summed E-state index contributed by atoms with van der Waals surface area (Å²) in [5, 5.41) is 0. The highest BCUT2D eigenvalue weighted by Crippen LogP contribution is 2.35. The minimum Gasteiger partial charge on any atom is -0.356 e. The van der Waals surface area contributed by atoms with Crippen molar-refractivity contribution in [2.24, 2.45) is 11.8 Å². The number of Topliss-reactive ketones (excluding diaryl/α,β-unsaturated/α-hetero) is 1. The van der Waals surface area contributed by atoms with Crippen LogP contribution in [0.1, 0.15) is 37.8 Å². The third-order valence-corrected chi connectivity index (χ3v) is 6.29. The summed E-state index contributed by atoms with van der Waals surface area (Å²) in [6, 6.07) is 1.82. The quantitative estimate of drug-likeness (QED) is 0.629. The molecule has 7 nitrogen and oxygen atoms in total. The maximum absolute atomic E-state index is 13.1. The van der Waals surface area contributed by atoms with Crippen molar-refractivity contribution >= 4 is 17.2 Å². The van der Waals surface area contributed by atoms with E-state index in [0.717, 1.165) is 50.6 Å². The zero-order valence-electron chi connectivity index (χ0n) is 16.7. The van der Waals surface area contributed by atoms with Crippen molar-refractivity contribution in [2.45, 2.75) is 38.3 Å². The monoisotopic (exact) mass is 430 g/mol. The maximum atomic E-state index is 13.1. The number of imidazole rings is 1. The maximum Gasteiger partial charge on any atom is 0.434 e. The first-order valence-corrected chi connectivity index (χ1v) is 10.4. The van der Waals surface area contributed by atoms with Crippen LogP contribution in [-0.4, -0.2) is 43.2 Å². The summed E-state index contributed by atoms with van der Waals surface area (Å²) in [5.41, 5.74) is -0.332. The highest BCUT2D eigenvalue weighted by Gasteiger charge is 2.34. The molecule has 162 valence electrons. The molecule has 1 aliphatic heterocycles. The molecular weight excluding hydrogens is 409 g/mol. The number of piperidine rings is 1. The number of carbonyl (C=O) groups excluding carboxylic acids is 1. The Morgan fingerprint density at radius 2 is 1.94 bits per heavy atom. The number of nitrogens with zero attached hydrogens (tertiary/aromatic N) is 6. The minimum atomic E-state index is -4.55. The smallest absolute Gasteiger partial charge is 0.356 e. The van der Waals surface area contributed by atoms with Crippen LogP contribution in [0.3, 0.4) is 0 Å². The van der Waals surface area contributed by atoms with E-state index in [4.69, 9.17) is 0 Å². The molecule has 2 fully saturated rings. The van der Waals surface area contributed by atoms with Crippen LogP contribution in [0.5, 0.6) is 0 Å². The average molecular weight is 430 g/mol. The fourth-order valence-electron chi connectivity index (χ4n) is 4.70. The Morgan fingerprint density at radius 1 is 1.06 bits per heavy atom. The summed E-state index contributed by atoms with van der Waals surface area (Å²) in [5.74, 6) is 2.28. The van der Waals surface area contributed by atoms with Gasteiger partial charge in [0.2, 0.25) is 0 Å². The Morgan fingerprint density at radius 3 is 2.71 bits per heavy atom. The van der Waals surface area contributed by atoms with Crippen molar-refractivity contribution < 1.29 is 18.0 Å². The Balaban J connectivity index is 1.43. The Hall–Kier alpha value is -3.04. The van der Waals surface area contributed by atoms with Crippen molar-refractivity contribution in [1.82, 2.24) is 24.3 Å². The van der Waals surface area contributed by atoms with Gasteiger partial charge in [-0.05, 0) is 37.2 Å². The van der Waals surface area contributed by atoms with E-state index >= 15 is 0 Å². The normalized spacial score (nSPS) is 22.4. The largest absolute Gasteiger partial charge is 0.434 e. The molecule has 0 amide bonds. The topological polar surface area (TPSA) is 76.3 Å². The van der Waals surface area contributed by atoms with Gasteiger partial charge in [0.25, 0.3) is 0 Å². The summed E-state index contributed by atoms with van der Waals surface area (Å²) in [4.78, 5) is 30.4. The molecule has 31 heavy (non-hydrogen) atoms. The third kappa shape index (κ3) is 3.86. The van der Waals surface area contributed by atoms with Crippen LogP contribution in [0, 0.1) is 11.8 Å². The van der Waals surface area contributed by atoms with Crippen LogP contribution >= 0.6 is 0 Å². The van der Waals surface area contributed by atoms with Crippen molar-refractivity contribution in [3.8, 4) is 11.5 Å². The summed E-state index contributed by atoms with van der Waals surface area (Å²) >= 11 is 0. The Kier molecular flexibility index (Phi) is 4.86. The van der Waals surface area contributed by atoms with E-state index in [2.05, 4.69) is 24.8 Å². The van der Waals surface area contributed by atoms with Gasteiger partial charge in [0.15, 0.2) is 17.2 Å². The molecule has 0 bridgehead atoms. The number of carbonyl (C=O) groups is 1. The predicted molar refractivity (Wildman–Crippen MR) is 106 cm³/mol. The highest BCUT2D eigenvalue weighted by atomic mass is 19.4. The number of hydrogen-bond acceptors (Lipinski definition) is 6. The second-order valence-corrected chi connectivity index (χ2v) is 8.27. The van der Waals surface area contributed by atoms with Gasteiger partial charge in [-0.2, -0.15) is 13.2 Å². The van der Waals surface area contributed by atoms with Crippen molar-refractivity contribution in [3.63, 3.8) is 0 Å². The summed E-state index contributed by atoms with van der Waals surface area (Å²) in [6.07, 6.45) is 4.97. The zero-order chi connectivity index (χ0) is 21.6. The fraction of sp³-hybridized carbons (Fsp3) is 0.476. The molecule has 2 atom stereocenters. The summed E-state index contributed by atoms with van der Waals surface area (Å²) in [6.45, 7) is 1.67. The molecule has 10 heteroatoms. The summed E-state index contributed by atoms with van der Waals surface area (Å²) in [7, 11) is 0. The molecule has 4 heterocycles. The molecule has 1 aliphatic carbocycles. The highest BCUT2D eigenvalue weighted by molar-refractivity contribution is 5.80. The van der Waals surface area contributed by atoms with E-state index in [0.29, 0.717) is 47.6 Å². The van der Waals surface area contributed by atoms with Gasteiger partial charge >= 0.3 is 6.18 Å². The van der Waals surface area contributed by atoms with Crippen LogP contribution in [0.4, 0.5) is 19.0 Å². The van der Waals surface area contributed by atoms with Gasteiger partial charge < -0.3 is 4.90 Å². The molecule has 5 rings (SSSR count).